The molecular formula is C11H12ClN5O2. The molecule has 0 fully saturated rings. The number of halogens is 1. The van der Waals surface area contributed by atoms with Crippen molar-refractivity contribution in [2.45, 2.75) is 6.92 Å². The van der Waals surface area contributed by atoms with Crippen molar-refractivity contribution in [3.63, 3.8) is 0 Å². The Morgan fingerprint density at radius 3 is 2.63 bits per heavy atom. The van der Waals surface area contributed by atoms with Gasteiger partial charge in [-0.1, -0.05) is 17.7 Å². The fraction of sp³-hybridized carbons (Fsp3) is 0.182. The predicted octanol–water partition coefficient (Wildman–Crippen LogP) is 1.92. The van der Waals surface area contributed by atoms with Crippen LogP contribution in [0.25, 0.3) is 0 Å². The van der Waals surface area contributed by atoms with Crippen LogP contribution in [0.4, 0.5) is 5.95 Å². The van der Waals surface area contributed by atoms with Crippen LogP contribution in [-0.4, -0.2) is 22.1 Å². The number of aromatic nitrogens is 3. The van der Waals surface area contributed by atoms with E-state index >= 15 is 0 Å². The van der Waals surface area contributed by atoms with E-state index < -0.39 is 0 Å². The number of ether oxygens (including phenoxy) is 2. The van der Waals surface area contributed by atoms with Gasteiger partial charge in [-0.15, -0.1) is 4.98 Å². The molecule has 1 aromatic heterocycles. The van der Waals surface area contributed by atoms with Crippen LogP contribution in [0.15, 0.2) is 18.2 Å². The van der Waals surface area contributed by atoms with E-state index in [1.165, 1.54) is 7.11 Å². The van der Waals surface area contributed by atoms with Gasteiger partial charge in [0.2, 0.25) is 5.95 Å². The molecule has 2 rings (SSSR count). The second-order valence-electron chi connectivity index (χ2n) is 3.58. The molecule has 0 bridgehead atoms. The Labute approximate surface area is 114 Å². The van der Waals surface area contributed by atoms with Gasteiger partial charge in [-0.25, -0.2) is 5.84 Å². The smallest absolute Gasteiger partial charge is 0.330 e. The fourth-order valence-electron chi connectivity index (χ4n) is 1.32. The maximum atomic E-state index is 5.91. The molecule has 0 atom stereocenters. The van der Waals surface area contributed by atoms with Crippen molar-refractivity contribution in [2.75, 3.05) is 12.5 Å². The Morgan fingerprint density at radius 1 is 1.21 bits per heavy atom. The summed E-state index contributed by atoms with van der Waals surface area (Å²) in [5, 5.41) is 0.554. The standard InChI is InChI=1S/C11H12ClN5O2/c1-6-3-4-7(12)5-8(6)19-11-15-9(17-13)14-10(16-11)18-2/h3-5H,13H2,1-2H3,(H,14,15,16,17). The molecule has 1 heterocycles. The molecule has 7 nitrogen and oxygen atoms in total. The first-order valence-electron chi connectivity index (χ1n) is 5.33. The molecule has 0 radical (unpaired) electrons. The van der Waals surface area contributed by atoms with Crippen molar-refractivity contribution in [1.82, 2.24) is 15.0 Å². The summed E-state index contributed by atoms with van der Waals surface area (Å²) in [6.45, 7) is 1.88. The number of benzene rings is 1. The van der Waals surface area contributed by atoms with Gasteiger partial charge in [-0.2, -0.15) is 9.97 Å². The first-order chi connectivity index (χ1) is 9.12. The topological polar surface area (TPSA) is 95.2 Å². The van der Waals surface area contributed by atoms with Crippen molar-refractivity contribution in [3.05, 3.63) is 28.8 Å². The van der Waals surface area contributed by atoms with E-state index in [2.05, 4.69) is 20.4 Å². The molecule has 3 N–H and O–H groups in total. The van der Waals surface area contributed by atoms with E-state index in [0.29, 0.717) is 10.8 Å². The van der Waals surface area contributed by atoms with Crippen LogP contribution in [0.1, 0.15) is 5.56 Å². The summed E-state index contributed by atoms with van der Waals surface area (Å²) >= 11 is 5.91. The van der Waals surface area contributed by atoms with E-state index in [1.807, 2.05) is 13.0 Å². The lowest BCUT2D eigenvalue weighted by Gasteiger charge is -2.09. The van der Waals surface area contributed by atoms with Gasteiger partial charge in [0.1, 0.15) is 5.75 Å². The van der Waals surface area contributed by atoms with Crippen molar-refractivity contribution < 1.29 is 9.47 Å². The minimum absolute atomic E-state index is 0.0603. The Kier molecular flexibility index (Phi) is 3.98. The van der Waals surface area contributed by atoms with Crippen LogP contribution < -0.4 is 20.7 Å². The van der Waals surface area contributed by atoms with E-state index in [4.69, 9.17) is 26.9 Å². The van der Waals surface area contributed by atoms with Crippen molar-refractivity contribution in [1.29, 1.82) is 0 Å². The first kappa shape index (κ1) is 13.3. The fourth-order valence-corrected chi connectivity index (χ4v) is 1.48. The molecular weight excluding hydrogens is 270 g/mol. The number of hydrazine groups is 1. The molecule has 0 aliphatic rings. The van der Waals surface area contributed by atoms with Gasteiger partial charge in [0.25, 0.3) is 0 Å². The largest absolute Gasteiger partial charge is 0.467 e. The number of rotatable bonds is 4. The number of methoxy groups -OCH3 is 1. The highest BCUT2D eigenvalue weighted by Crippen LogP contribution is 2.26. The zero-order valence-corrected chi connectivity index (χ0v) is 11.1. The van der Waals surface area contributed by atoms with Crippen molar-refractivity contribution in [2.24, 2.45) is 5.84 Å². The van der Waals surface area contributed by atoms with Crippen LogP contribution in [0.3, 0.4) is 0 Å². The summed E-state index contributed by atoms with van der Waals surface area (Å²) in [4.78, 5) is 11.8. The number of aryl methyl sites for hydroxylation is 1. The van der Waals surface area contributed by atoms with Crippen molar-refractivity contribution in [3.8, 4) is 17.8 Å². The second kappa shape index (κ2) is 5.68. The Hall–Kier alpha value is -2.12. The maximum absolute atomic E-state index is 5.91. The number of nitrogens with zero attached hydrogens (tertiary/aromatic N) is 3. The number of nitrogen functional groups attached to an aromatic ring is 1. The lowest BCUT2D eigenvalue weighted by molar-refractivity contribution is 0.359. The van der Waals surface area contributed by atoms with Gasteiger partial charge in [-0.05, 0) is 24.6 Å². The molecule has 0 amide bonds. The zero-order chi connectivity index (χ0) is 13.8. The highest BCUT2D eigenvalue weighted by atomic mass is 35.5. The molecule has 19 heavy (non-hydrogen) atoms. The average Bonchev–Trinajstić information content (AvgIpc) is 2.42. The third kappa shape index (κ3) is 3.21. The predicted molar refractivity (Wildman–Crippen MR) is 70.5 cm³/mol. The van der Waals surface area contributed by atoms with Gasteiger partial charge in [0.15, 0.2) is 0 Å². The minimum atomic E-state index is 0.0603. The van der Waals surface area contributed by atoms with E-state index in [-0.39, 0.29) is 18.0 Å². The van der Waals surface area contributed by atoms with Gasteiger partial charge in [0.05, 0.1) is 7.11 Å². The van der Waals surface area contributed by atoms with Gasteiger partial charge < -0.3 is 9.47 Å². The van der Waals surface area contributed by atoms with E-state index in [9.17, 15) is 0 Å². The first-order valence-corrected chi connectivity index (χ1v) is 5.71. The molecule has 0 saturated carbocycles. The quantitative estimate of drug-likeness (QED) is 0.653. The highest BCUT2D eigenvalue weighted by molar-refractivity contribution is 6.30. The Balaban J connectivity index is 2.34. The van der Waals surface area contributed by atoms with Crippen molar-refractivity contribution >= 4 is 17.5 Å². The second-order valence-corrected chi connectivity index (χ2v) is 4.02. The summed E-state index contributed by atoms with van der Waals surface area (Å²) < 4.78 is 10.5. The lowest BCUT2D eigenvalue weighted by Crippen LogP contribution is -2.12. The Morgan fingerprint density at radius 2 is 1.95 bits per heavy atom. The normalized spacial score (nSPS) is 10.1. The van der Waals surface area contributed by atoms with Crippen LogP contribution in [-0.2, 0) is 0 Å². The third-order valence-electron chi connectivity index (χ3n) is 2.26. The molecule has 1 aromatic carbocycles. The summed E-state index contributed by atoms with van der Waals surface area (Å²) in [7, 11) is 1.43. The van der Waals surface area contributed by atoms with E-state index in [0.717, 1.165) is 5.56 Å². The van der Waals surface area contributed by atoms with Crippen LogP contribution in [0, 0.1) is 6.92 Å². The number of nitrogens with two attached hydrogens (primary N) is 1. The lowest BCUT2D eigenvalue weighted by atomic mass is 10.2. The monoisotopic (exact) mass is 281 g/mol. The SMILES string of the molecule is COc1nc(NN)nc(Oc2cc(Cl)ccc2C)n1. The molecule has 2 aromatic rings. The van der Waals surface area contributed by atoms with Gasteiger partial charge >= 0.3 is 12.0 Å². The summed E-state index contributed by atoms with van der Waals surface area (Å²) in [6.07, 6.45) is 0. The highest BCUT2D eigenvalue weighted by Gasteiger charge is 2.10. The number of hydrogen-bond donors (Lipinski definition) is 2. The van der Waals surface area contributed by atoms with E-state index in [1.54, 1.807) is 12.1 Å². The Bertz CT molecular complexity index is 571. The molecule has 0 unspecified atom stereocenters. The molecule has 100 valence electrons. The zero-order valence-electron chi connectivity index (χ0n) is 10.3. The summed E-state index contributed by atoms with van der Waals surface area (Å²) in [6, 6.07) is 5.42. The van der Waals surface area contributed by atoms with Crippen LogP contribution in [0.5, 0.6) is 17.8 Å². The minimum Gasteiger partial charge on any atom is -0.467 e. The molecule has 0 aliphatic heterocycles. The van der Waals surface area contributed by atoms with Crippen LogP contribution in [0.2, 0.25) is 5.02 Å². The van der Waals surface area contributed by atoms with Crippen LogP contribution >= 0.6 is 11.6 Å². The van der Waals surface area contributed by atoms with Gasteiger partial charge in [-0.3, -0.25) is 5.43 Å². The third-order valence-corrected chi connectivity index (χ3v) is 2.49. The molecule has 8 heteroatoms. The number of anilines is 1. The average molecular weight is 282 g/mol. The maximum Gasteiger partial charge on any atom is 0.330 e. The number of hydrogen-bond acceptors (Lipinski definition) is 7. The van der Waals surface area contributed by atoms with Gasteiger partial charge in [0, 0.05) is 5.02 Å². The summed E-state index contributed by atoms with van der Waals surface area (Å²) in [5.41, 5.74) is 3.20. The molecule has 0 aliphatic carbocycles. The summed E-state index contributed by atoms with van der Waals surface area (Å²) in [5.74, 6) is 5.94. The molecule has 0 spiro atoms. The molecule has 0 saturated heterocycles. The number of nitrogens with one attached hydrogen (secondary N) is 1.